The third-order valence-electron chi connectivity index (χ3n) is 4.31. The first-order valence-electron chi connectivity index (χ1n) is 6.66. The van der Waals surface area contributed by atoms with Crippen molar-refractivity contribution in [3.8, 4) is 0 Å². The van der Waals surface area contributed by atoms with Gasteiger partial charge in [-0.15, -0.1) is 0 Å². The number of hydrogen-bond donors (Lipinski definition) is 2. The van der Waals surface area contributed by atoms with Crippen molar-refractivity contribution in [1.82, 2.24) is 5.32 Å². The van der Waals surface area contributed by atoms with E-state index in [1.54, 1.807) is 6.07 Å². The highest BCUT2D eigenvalue weighted by Gasteiger charge is 2.31. The van der Waals surface area contributed by atoms with Gasteiger partial charge in [-0.1, -0.05) is 26.0 Å². The third-order valence-corrected chi connectivity index (χ3v) is 4.31. The Hall–Kier alpha value is -1.51. The molecule has 1 saturated carbocycles. The summed E-state index contributed by atoms with van der Waals surface area (Å²) in [7, 11) is 0. The monoisotopic (exact) mass is 246 g/mol. The Balaban J connectivity index is 2.13. The van der Waals surface area contributed by atoms with Crippen LogP contribution in [0.4, 0.5) is 5.69 Å². The number of nitrogens with two attached hydrogens (primary N) is 1. The molecule has 3 nitrogen and oxygen atoms in total. The molecule has 18 heavy (non-hydrogen) atoms. The minimum atomic E-state index is -0.0310. The van der Waals surface area contributed by atoms with Crippen molar-refractivity contribution in [2.24, 2.45) is 11.8 Å². The lowest BCUT2D eigenvalue weighted by molar-refractivity contribution is 0.0927. The van der Waals surface area contributed by atoms with Gasteiger partial charge in [0.05, 0.1) is 5.56 Å². The number of nitrogen functional groups attached to an aromatic ring is 1. The van der Waals surface area contributed by atoms with Gasteiger partial charge in [0.2, 0.25) is 0 Å². The van der Waals surface area contributed by atoms with Crippen LogP contribution in [0.1, 0.15) is 42.6 Å². The second-order valence-corrected chi connectivity index (χ2v) is 5.53. The molecule has 1 aromatic rings. The fraction of sp³-hybridized carbons (Fsp3) is 0.533. The van der Waals surface area contributed by atoms with E-state index in [1.807, 2.05) is 19.1 Å². The summed E-state index contributed by atoms with van der Waals surface area (Å²) in [5, 5.41) is 3.14. The number of rotatable bonds is 2. The molecule has 0 heterocycles. The smallest absolute Gasteiger partial charge is 0.253 e. The van der Waals surface area contributed by atoms with Gasteiger partial charge < -0.3 is 11.1 Å². The lowest BCUT2D eigenvalue weighted by Crippen LogP contribution is -2.38. The fourth-order valence-corrected chi connectivity index (χ4v) is 2.81. The van der Waals surface area contributed by atoms with Crippen LogP contribution in [0.5, 0.6) is 0 Å². The summed E-state index contributed by atoms with van der Waals surface area (Å²) in [6.45, 7) is 6.38. The number of hydrogen-bond acceptors (Lipinski definition) is 2. The van der Waals surface area contributed by atoms with Crippen molar-refractivity contribution in [3.05, 3.63) is 29.3 Å². The van der Waals surface area contributed by atoms with E-state index in [9.17, 15) is 4.79 Å². The first kappa shape index (κ1) is 12.9. The summed E-state index contributed by atoms with van der Waals surface area (Å²) in [5.74, 6) is 1.19. The van der Waals surface area contributed by atoms with E-state index in [1.165, 1.54) is 6.42 Å². The Morgan fingerprint density at radius 3 is 2.61 bits per heavy atom. The average Bonchev–Trinajstić information content (AvgIpc) is 2.61. The molecule has 0 saturated heterocycles. The molecule has 2 rings (SSSR count). The molecular formula is C15H22N2O. The maximum atomic E-state index is 12.3. The standard InChI is InChI=1S/C15H22N2O/c1-9-7-8-13(11(9)3)17-15(18)14-10(2)5-4-6-12(14)16/h4-6,9,11,13H,7-8,16H2,1-3H3,(H,17,18). The highest BCUT2D eigenvalue weighted by molar-refractivity contribution is 6.00. The number of aryl methyl sites for hydroxylation is 1. The fourth-order valence-electron chi connectivity index (χ4n) is 2.81. The number of nitrogens with one attached hydrogen (secondary N) is 1. The van der Waals surface area contributed by atoms with E-state index in [4.69, 9.17) is 5.73 Å². The Morgan fingerprint density at radius 1 is 1.33 bits per heavy atom. The van der Waals surface area contributed by atoms with Gasteiger partial charge in [-0.2, -0.15) is 0 Å². The van der Waals surface area contributed by atoms with Crippen LogP contribution in [0.25, 0.3) is 0 Å². The Bertz CT molecular complexity index is 436. The zero-order valence-electron chi connectivity index (χ0n) is 11.4. The molecule has 0 aromatic heterocycles. The number of carbonyl (C=O) groups excluding carboxylic acids is 1. The number of anilines is 1. The zero-order valence-corrected chi connectivity index (χ0v) is 11.4. The minimum absolute atomic E-state index is 0.0310. The molecule has 3 atom stereocenters. The van der Waals surface area contributed by atoms with Crippen LogP contribution < -0.4 is 11.1 Å². The van der Waals surface area contributed by atoms with Gasteiger partial charge in [-0.05, 0) is 43.2 Å². The van der Waals surface area contributed by atoms with Crippen LogP contribution in [0.3, 0.4) is 0 Å². The van der Waals surface area contributed by atoms with Crippen LogP contribution in [0.2, 0.25) is 0 Å². The number of amides is 1. The number of benzene rings is 1. The Kier molecular flexibility index (Phi) is 3.60. The molecule has 1 fully saturated rings. The Labute approximate surface area is 109 Å². The van der Waals surface area contributed by atoms with Gasteiger partial charge in [-0.3, -0.25) is 4.79 Å². The van der Waals surface area contributed by atoms with Crippen LogP contribution in [0, 0.1) is 18.8 Å². The topological polar surface area (TPSA) is 55.1 Å². The van der Waals surface area contributed by atoms with Gasteiger partial charge in [0.25, 0.3) is 5.91 Å². The van der Waals surface area contributed by atoms with Crippen molar-refractivity contribution in [2.45, 2.75) is 39.7 Å². The van der Waals surface area contributed by atoms with Crippen molar-refractivity contribution in [3.63, 3.8) is 0 Å². The SMILES string of the molecule is Cc1cccc(N)c1C(=O)NC1CCC(C)C1C. The third kappa shape index (κ3) is 2.35. The van der Waals surface area contributed by atoms with E-state index in [-0.39, 0.29) is 11.9 Å². The van der Waals surface area contributed by atoms with E-state index < -0.39 is 0 Å². The molecule has 1 aliphatic rings. The highest BCUT2D eigenvalue weighted by Crippen LogP contribution is 2.31. The molecule has 3 N–H and O–H groups in total. The number of carbonyl (C=O) groups is 1. The molecule has 0 aliphatic heterocycles. The van der Waals surface area contributed by atoms with E-state index in [0.29, 0.717) is 23.1 Å². The summed E-state index contributed by atoms with van der Waals surface area (Å²) in [6, 6.07) is 5.86. The molecule has 0 bridgehead atoms. The molecule has 0 spiro atoms. The summed E-state index contributed by atoms with van der Waals surface area (Å²) >= 11 is 0. The van der Waals surface area contributed by atoms with Crippen molar-refractivity contribution in [2.75, 3.05) is 5.73 Å². The lowest BCUT2D eigenvalue weighted by Gasteiger charge is -2.20. The maximum Gasteiger partial charge on any atom is 0.253 e. The van der Waals surface area contributed by atoms with Gasteiger partial charge in [-0.25, -0.2) is 0 Å². The predicted molar refractivity (Wildman–Crippen MR) is 74.4 cm³/mol. The lowest BCUT2D eigenvalue weighted by atomic mass is 9.97. The van der Waals surface area contributed by atoms with Crippen molar-refractivity contribution < 1.29 is 4.79 Å². The molecule has 1 aliphatic carbocycles. The van der Waals surface area contributed by atoms with E-state index in [2.05, 4.69) is 19.2 Å². The summed E-state index contributed by atoms with van der Waals surface area (Å²) in [4.78, 5) is 12.3. The summed E-state index contributed by atoms with van der Waals surface area (Å²) < 4.78 is 0. The van der Waals surface area contributed by atoms with Gasteiger partial charge in [0, 0.05) is 11.7 Å². The molecule has 3 heteroatoms. The summed E-state index contributed by atoms with van der Waals surface area (Å²) in [6.07, 6.45) is 2.26. The minimum Gasteiger partial charge on any atom is -0.398 e. The first-order chi connectivity index (χ1) is 8.50. The second kappa shape index (κ2) is 5.01. The second-order valence-electron chi connectivity index (χ2n) is 5.53. The molecule has 0 radical (unpaired) electrons. The predicted octanol–water partition coefficient (Wildman–Crippen LogP) is 2.74. The maximum absolute atomic E-state index is 12.3. The molecule has 1 aromatic carbocycles. The zero-order chi connectivity index (χ0) is 13.3. The molecule has 3 unspecified atom stereocenters. The highest BCUT2D eigenvalue weighted by atomic mass is 16.1. The van der Waals surface area contributed by atoms with Crippen LogP contribution in [-0.4, -0.2) is 11.9 Å². The molecular weight excluding hydrogens is 224 g/mol. The quantitative estimate of drug-likeness (QED) is 0.788. The van der Waals surface area contributed by atoms with Crippen LogP contribution in [0.15, 0.2) is 18.2 Å². The van der Waals surface area contributed by atoms with Crippen molar-refractivity contribution >= 4 is 11.6 Å². The normalized spacial score (nSPS) is 27.2. The van der Waals surface area contributed by atoms with Crippen LogP contribution >= 0.6 is 0 Å². The van der Waals surface area contributed by atoms with E-state index >= 15 is 0 Å². The van der Waals surface area contributed by atoms with Gasteiger partial charge in [0.15, 0.2) is 0 Å². The summed E-state index contributed by atoms with van der Waals surface area (Å²) in [5.41, 5.74) is 8.02. The average molecular weight is 246 g/mol. The largest absolute Gasteiger partial charge is 0.398 e. The Morgan fingerprint density at radius 2 is 2.06 bits per heavy atom. The first-order valence-corrected chi connectivity index (χ1v) is 6.66. The molecule has 1 amide bonds. The van der Waals surface area contributed by atoms with Gasteiger partial charge >= 0.3 is 0 Å². The molecule has 98 valence electrons. The van der Waals surface area contributed by atoms with Crippen LogP contribution in [-0.2, 0) is 0 Å². The van der Waals surface area contributed by atoms with Crippen molar-refractivity contribution in [1.29, 1.82) is 0 Å². The van der Waals surface area contributed by atoms with E-state index in [0.717, 1.165) is 12.0 Å². The van der Waals surface area contributed by atoms with Gasteiger partial charge in [0.1, 0.15) is 0 Å².